The number of carbonyl (C=O) groups is 1. The van der Waals surface area contributed by atoms with Crippen molar-refractivity contribution in [3.8, 4) is 0 Å². The quantitative estimate of drug-likeness (QED) is 0.612. The lowest BCUT2D eigenvalue weighted by molar-refractivity contribution is -0.128. The van der Waals surface area contributed by atoms with Gasteiger partial charge in [0.1, 0.15) is 0 Å². The number of amides is 1. The first kappa shape index (κ1) is 19.0. The van der Waals surface area contributed by atoms with Crippen LogP contribution in [0.3, 0.4) is 0 Å². The van der Waals surface area contributed by atoms with Crippen molar-refractivity contribution in [1.82, 2.24) is 15.5 Å². The third-order valence-electron chi connectivity index (χ3n) is 4.86. The molecule has 5 heteroatoms. The van der Waals surface area contributed by atoms with Gasteiger partial charge in [-0.05, 0) is 30.0 Å². The van der Waals surface area contributed by atoms with Crippen molar-refractivity contribution in [2.24, 2.45) is 4.99 Å². The maximum atomic E-state index is 11.9. The summed E-state index contributed by atoms with van der Waals surface area (Å²) in [6.45, 7) is 5.04. The second-order valence-corrected chi connectivity index (χ2v) is 6.96. The SMILES string of the molecule is CN=C(NCc1cccc(C)c1)NCc1ccccc1CN1CCCC1=O. The van der Waals surface area contributed by atoms with Crippen molar-refractivity contribution in [2.45, 2.75) is 39.4 Å². The Morgan fingerprint density at radius 1 is 1.07 bits per heavy atom. The number of likely N-dealkylation sites (tertiary alicyclic amines) is 1. The molecule has 0 spiro atoms. The van der Waals surface area contributed by atoms with Crippen LogP contribution in [0.25, 0.3) is 0 Å². The van der Waals surface area contributed by atoms with Gasteiger partial charge in [-0.15, -0.1) is 0 Å². The highest BCUT2D eigenvalue weighted by Gasteiger charge is 2.20. The summed E-state index contributed by atoms with van der Waals surface area (Å²) in [7, 11) is 1.78. The third kappa shape index (κ3) is 5.33. The van der Waals surface area contributed by atoms with E-state index in [0.717, 1.165) is 25.5 Å². The maximum Gasteiger partial charge on any atom is 0.222 e. The molecule has 142 valence electrons. The molecule has 2 aromatic rings. The Morgan fingerprint density at radius 2 is 1.85 bits per heavy atom. The summed E-state index contributed by atoms with van der Waals surface area (Å²) in [4.78, 5) is 18.2. The Kier molecular flexibility index (Phi) is 6.47. The Bertz CT molecular complexity index is 815. The van der Waals surface area contributed by atoms with Crippen LogP contribution in [0.1, 0.15) is 35.1 Å². The molecule has 1 aliphatic heterocycles. The van der Waals surface area contributed by atoms with E-state index in [2.05, 4.69) is 58.9 Å². The standard InChI is InChI=1S/C22H28N4O/c1-17-7-5-8-18(13-17)14-24-22(23-2)25-15-19-9-3-4-10-20(19)16-26-12-6-11-21(26)27/h3-5,7-10,13H,6,11-12,14-16H2,1-2H3,(H2,23,24,25). The number of aliphatic imine (C=N–C) groups is 1. The molecule has 27 heavy (non-hydrogen) atoms. The number of hydrogen-bond donors (Lipinski definition) is 2. The fourth-order valence-electron chi connectivity index (χ4n) is 3.37. The van der Waals surface area contributed by atoms with Crippen LogP contribution in [0.5, 0.6) is 0 Å². The van der Waals surface area contributed by atoms with Crippen molar-refractivity contribution < 1.29 is 4.79 Å². The minimum atomic E-state index is 0.258. The number of aryl methyl sites for hydroxylation is 1. The zero-order valence-corrected chi connectivity index (χ0v) is 16.2. The van der Waals surface area contributed by atoms with E-state index in [0.29, 0.717) is 19.5 Å². The lowest BCUT2D eigenvalue weighted by atomic mass is 10.1. The topological polar surface area (TPSA) is 56.7 Å². The van der Waals surface area contributed by atoms with E-state index in [9.17, 15) is 4.79 Å². The summed E-state index contributed by atoms with van der Waals surface area (Å²) in [6, 6.07) is 16.7. The zero-order valence-electron chi connectivity index (χ0n) is 16.2. The number of nitrogens with zero attached hydrogens (tertiary/aromatic N) is 2. The number of guanidine groups is 1. The first-order valence-corrected chi connectivity index (χ1v) is 9.50. The van der Waals surface area contributed by atoms with Gasteiger partial charge in [0.2, 0.25) is 5.91 Å². The molecule has 1 heterocycles. The van der Waals surface area contributed by atoms with Crippen LogP contribution in [0, 0.1) is 6.92 Å². The predicted octanol–water partition coefficient (Wildman–Crippen LogP) is 2.98. The molecule has 0 saturated carbocycles. The van der Waals surface area contributed by atoms with Crippen LogP contribution in [-0.4, -0.2) is 30.4 Å². The van der Waals surface area contributed by atoms with Gasteiger partial charge in [-0.2, -0.15) is 0 Å². The second-order valence-electron chi connectivity index (χ2n) is 6.96. The predicted molar refractivity (Wildman–Crippen MR) is 109 cm³/mol. The average molecular weight is 364 g/mol. The minimum absolute atomic E-state index is 0.258. The molecule has 3 rings (SSSR count). The molecule has 0 atom stereocenters. The van der Waals surface area contributed by atoms with Gasteiger partial charge in [0.25, 0.3) is 0 Å². The molecule has 5 nitrogen and oxygen atoms in total. The number of hydrogen-bond acceptors (Lipinski definition) is 2. The summed E-state index contributed by atoms with van der Waals surface area (Å²) in [5.41, 5.74) is 4.86. The normalized spacial score (nSPS) is 14.5. The molecule has 0 unspecified atom stereocenters. The fraction of sp³-hybridized carbons (Fsp3) is 0.364. The third-order valence-corrected chi connectivity index (χ3v) is 4.86. The van der Waals surface area contributed by atoms with Crippen molar-refractivity contribution in [3.63, 3.8) is 0 Å². The van der Waals surface area contributed by atoms with E-state index in [1.165, 1.54) is 22.3 Å². The van der Waals surface area contributed by atoms with Crippen LogP contribution in [-0.2, 0) is 24.4 Å². The summed E-state index contributed by atoms with van der Waals surface area (Å²) >= 11 is 0. The first-order valence-electron chi connectivity index (χ1n) is 9.50. The Labute approximate surface area is 161 Å². The Morgan fingerprint density at radius 3 is 2.56 bits per heavy atom. The van der Waals surface area contributed by atoms with Crippen LogP contribution in [0.2, 0.25) is 0 Å². The van der Waals surface area contributed by atoms with Gasteiger partial charge in [-0.3, -0.25) is 9.79 Å². The summed E-state index contributed by atoms with van der Waals surface area (Å²) in [5, 5.41) is 6.74. The highest BCUT2D eigenvalue weighted by atomic mass is 16.2. The molecule has 1 aliphatic rings. The van der Waals surface area contributed by atoms with Gasteiger partial charge in [-0.25, -0.2) is 0 Å². The highest BCUT2D eigenvalue weighted by Crippen LogP contribution is 2.17. The maximum absolute atomic E-state index is 11.9. The summed E-state index contributed by atoms with van der Waals surface area (Å²) in [6.07, 6.45) is 1.64. The molecule has 1 fully saturated rings. The van der Waals surface area contributed by atoms with E-state index in [4.69, 9.17) is 0 Å². The molecular formula is C22H28N4O. The second kappa shape index (κ2) is 9.21. The van der Waals surface area contributed by atoms with Gasteiger partial charge in [-0.1, -0.05) is 54.1 Å². The van der Waals surface area contributed by atoms with Crippen molar-refractivity contribution in [2.75, 3.05) is 13.6 Å². The van der Waals surface area contributed by atoms with Gasteiger partial charge in [0.05, 0.1) is 0 Å². The first-order chi connectivity index (χ1) is 13.2. The molecule has 0 bridgehead atoms. The molecule has 0 aromatic heterocycles. The molecule has 0 aliphatic carbocycles. The summed E-state index contributed by atoms with van der Waals surface area (Å²) in [5.74, 6) is 1.02. The van der Waals surface area contributed by atoms with Crippen molar-refractivity contribution >= 4 is 11.9 Å². The van der Waals surface area contributed by atoms with Gasteiger partial charge >= 0.3 is 0 Å². The van der Waals surface area contributed by atoms with Crippen LogP contribution in [0.15, 0.2) is 53.5 Å². The number of rotatable bonds is 6. The van der Waals surface area contributed by atoms with E-state index in [1.54, 1.807) is 7.05 Å². The number of nitrogens with one attached hydrogen (secondary N) is 2. The van der Waals surface area contributed by atoms with E-state index < -0.39 is 0 Å². The highest BCUT2D eigenvalue weighted by molar-refractivity contribution is 5.79. The van der Waals surface area contributed by atoms with Crippen molar-refractivity contribution in [3.05, 3.63) is 70.8 Å². The number of carbonyl (C=O) groups excluding carboxylic acids is 1. The average Bonchev–Trinajstić information content (AvgIpc) is 3.08. The van der Waals surface area contributed by atoms with E-state index in [1.807, 2.05) is 17.0 Å². The van der Waals surface area contributed by atoms with Gasteiger partial charge in [0.15, 0.2) is 5.96 Å². The Balaban J connectivity index is 1.57. The summed E-state index contributed by atoms with van der Waals surface area (Å²) < 4.78 is 0. The molecule has 0 radical (unpaired) electrons. The van der Waals surface area contributed by atoms with E-state index in [-0.39, 0.29) is 5.91 Å². The molecule has 1 saturated heterocycles. The number of benzene rings is 2. The lowest BCUT2D eigenvalue weighted by Gasteiger charge is -2.19. The van der Waals surface area contributed by atoms with Crippen LogP contribution < -0.4 is 10.6 Å². The van der Waals surface area contributed by atoms with Crippen LogP contribution >= 0.6 is 0 Å². The minimum Gasteiger partial charge on any atom is -0.352 e. The monoisotopic (exact) mass is 364 g/mol. The van der Waals surface area contributed by atoms with Crippen LogP contribution in [0.4, 0.5) is 0 Å². The fourth-order valence-corrected chi connectivity index (χ4v) is 3.37. The Hall–Kier alpha value is -2.82. The molecule has 2 aromatic carbocycles. The lowest BCUT2D eigenvalue weighted by Crippen LogP contribution is -2.36. The van der Waals surface area contributed by atoms with Gasteiger partial charge < -0.3 is 15.5 Å². The molecule has 1 amide bonds. The van der Waals surface area contributed by atoms with Gasteiger partial charge in [0, 0.05) is 39.6 Å². The van der Waals surface area contributed by atoms with Crippen molar-refractivity contribution in [1.29, 1.82) is 0 Å². The largest absolute Gasteiger partial charge is 0.352 e. The van der Waals surface area contributed by atoms with E-state index >= 15 is 0 Å². The molecule has 2 N–H and O–H groups in total. The smallest absolute Gasteiger partial charge is 0.222 e. The zero-order chi connectivity index (χ0) is 19.1. The molecular weight excluding hydrogens is 336 g/mol.